The predicted molar refractivity (Wildman–Crippen MR) is 79.8 cm³/mol. The second-order valence-corrected chi connectivity index (χ2v) is 6.50. The molecule has 0 atom stereocenters. The SMILES string of the molecule is Cc1cncc(S(=O)(=O)Nc2ncccc2OC(C)C)c1. The van der Waals surface area contributed by atoms with E-state index in [1.807, 2.05) is 13.8 Å². The number of sulfonamides is 1. The van der Waals surface area contributed by atoms with E-state index < -0.39 is 10.0 Å². The molecule has 2 rings (SSSR count). The first-order chi connectivity index (χ1) is 9.88. The molecule has 0 aliphatic rings. The summed E-state index contributed by atoms with van der Waals surface area (Å²) in [6.45, 7) is 5.49. The average molecular weight is 307 g/mol. The summed E-state index contributed by atoms with van der Waals surface area (Å²) in [4.78, 5) is 8.01. The van der Waals surface area contributed by atoms with Crippen molar-refractivity contribution in [3.8, 4) is 5.75 Å². The summed E-state index contributed by atoms with van der Waals surface area (Å²) in [5.74, 6) is 0.546. The number of pyridine rings is 2. The van der Waals surface area contributed by atoms with E-state index in [1.54, 1.807) is 31.3 Å². The van der Waals surface area contributed by atoms with Crippen molar-refractivity contribution in [1.82, 2.24) is 9.97 Å². The van der Waals surface area contributed by atoms with E-state index in [2.05, 4.69) is 14.7 Å². The zero-order valence-corrected chi connectivity index (χ0v) is 12.9. The highest BCUT2D eigenvalue weighted by atomic mass is 32.2. The van der Waals surface area contributed by atoms with Crippen molar-refractivity contribution < 1.29 is 13.2 Å². The minimum absolute atomic E-state index is 0.0851. The van der Waals surface area contributed by atoms with Gasteiger partial charge < -0.3 is 4.74 Å². The third kappa shape index (κ3) is 3.91. The molecule has 2 heterocycles. The minimum atomic E-state index is -3.75. The van der Waals surface area contributed by atoms with Crippen molar-refractivity contribution in [2.24, 2.45) is 0 Å². The lowest BCUT2D eigenvalue weighted by Gasteiger charge is -2.14. The van der Waals surface area contributed by atoms with Crippen LogP contribution in [0.3, 0.4) is 0 Å². The highest BCUT2D eigenvalue weighted by molar-refractivity contribution is 7.92. The number of rotatable bonds is 5. The molecular formula is C14H17N3O3S. The minimum Gasteiger partial charge on any atom is -0.487 e. The van der Waals surface area contributed by atoms with Crippen LogP contribution in [-0.2, 0) is 10.0 Å². The molecule has 0 aliphatic heterocycles. The van der Waals surface area contributed by atoms with Gasteiger partial charge in [0.05, 0.1) is 6.10 Å². The van der Waals surface area contributed by atoms with Gasteiger partial charge in [0.2, 0.25) is 0 Å². The van der Waals surface area contributed by atoms with Crippen molar-refractivity contribution in [2.75, 3.05) is 4.72 Å². The van der Waals surface area contributed by atoms with Crippen LogP contribution in [0.5, 0.6) is 5.75 Å². The summed E-state index contributed by atoms with van der Waals surface area (Å²) in [5.41, 5.74) is 0.762. The molecule has 21 heavy (non-hydrogen) atoms. The fraction of sp³-hybridized carbons (Fsp3) is 0.286. The van der Waals surface area contributed by atoms with E-state index in [9.17, 15) is 8.42 Å². The van der Waals surface area contributed by atoms with Crippen LogP contribution >= 0.6 is 0 Å². The Morgan fingerprint density at radius 2 is 2.05 bits per heavy atom. The third-order valence-electron chi connectivity index (χ3n) is 2.52. The lowest BCUT2D eigenvalue weighted by atomic mass is 10.3. The maximum Gasteiger partial charge on any atom is 0.264 e. The first kappa shape index (κ1) is 15.2. The number of anilines is 1. The lowest BCUT2D eigenvalue weighted by molar-refractivity contribution is 0.243. The summed E-state index contributed by atoms with van der Waals surface area (Å²) in [5, 5.41) is 0. The summed E-state index contributed by atoms with van der Waals surface area (Å²) in [6, 6.07) is 4.89. The van der Waals surface area contributed by atoms with Crippen molar-refractivity contribution in [3.63, 3.8) is 0 Å². The van der Waals surface area contributed by atoms with Gasteiger partial charge in [0, 0.05) is 18.6 Å². The van der Waals surface area contributed by atoms with Gasteiger partial charge in [0.25, 0.3) is 10.0 Å². The predicted octanol–water partition coefficient (Wildman–Crippen LogP) is 2.37. The van der Waals surface area contributed by atoms with Gasteiger partial charge in [-0.05, 0) is 44.5 Å². The zero-order chi connectivity index (χ0) is 15.5. The Morgan fingerprint density at radius 3 is 2.71 bits per heavy atom. The quantitative estimate of drug-likeness (QED) is 0.917. The van der Waals surface area contributed by atoms with Gasteiger partial charge >= 0.3 is 0 Å². The molecule has 0 saturated heterocycles. The number of hydrogen-bond donors (Lipinski definition) is 1. The van der Waals surface area contributed by atoms with Crippen LogP contribution in [-0.4, -0.2) is 24.5 Å². The molecule has 1 N–H and O–H groups in total. The highest BCUT2D eigenvalue weighted by Crippen LogP contribution is 2.25. The average Bonchev–Trinajstić information content (AvgIpc) is 2.40. The molecule has 0 spiro atoms. The fourth-order valence-corrected chi connectivity index (χ4v) is 2.74. The molecule has 7 heteroatoms. The topological polar surface area (TPSA) is 81.2 Å². The molecule has 0 bridgehead atoms. The van der Waals surface area contributed by atoms with Gasteiger partial charge in [0.15, 0.2) is 11.6 Å². The Kier molecular flexibility index (Phi) is 4.42. The van der Waals surface area contributed by atoms with Crippen LogP contribution in [0.1, 0.15) is 19.4 Å². The van der Waals surface area contributed by atoms with Gasteiger partial charge in [-0.2, -0.15) is 0 Å². The van der Waals surface area contributed by atoms with Crippen LogP contribution in [0.25, 0.3) is 0 Å². The van der Waals surface area contributed by atoms with E-state index in [0.717, 1.165) is 5.56 Å². The van der Waals surface area contributed by atoms with E-state index in [-0.39, 0.29) is 16.8 Å². The van der Waals surface area contributed by atoms with Crippen LogP contribution in [0.15, 0.2) is 41.7 Å². The van der Waals surface area contributed by atoms with Crippen molar-refractivity contribution in [2.45, 2.75) is 31.8 Å². The fourth-order valence-electron chi connectivity index (χ4n) is 1.68. The Hall–Kier alpha value is -2.15. The van der Waals surface area contributed by atoms with E-state index in [1.165, 1.54) is 12.4 Å². The van der Waals surface area contributed by atoms with Crippen LogP contribution in [0.4, 0.5) is 5.82 Å². The number of ether oxygens (including phenoxy) is 1. The third-order valence-corrected chi connectivity index (χ3v) is 3.83. The molecule has 0 amide bonds. The Labute approximate surface area is 124 Å². The Balaban J connectivity index is 2.33. The van der Waals surface area contributed by atoms with Gasteiger partial charge in [0.1, 0.15) is 4.90 Å². The molecule has 112 valence electrons. The van der Waals surface area contributed by atoms with E-state index in [0.29, 0.717) is 5.75 Å². The van der Waals surface area contributed by atoms with E-state index in [4.69, 9.17) is 4.74 Å². The smallest absolute Gasteiger partial charge is 0.264 e. The van der Waals surface area contributed by atoms with Crippen LogP contribution in [0, 0.1) is 6.92 Å². The molecule has 0 aromatic carbocycles. The number of nitrogens with one attached hydrogen (secondary N) is 1. The lowest BCUT2D eigenvalue weighted by Crippen LogP contribution is -2.16. The highest BCUT2D eigenvalue weighted by Gasteiger charge is 2.18. The monoisotopic (exact) mass is 307 g/mol. The molecule has 2 aromatic rings. The summed E-state index contributed by atoms with van der Waals surface area (Å²) in [7, 11) is -3.75. The first-order valence-electron chi connectivity index (χ1n) is 6.44. The van der Waals surface area contributed by atoms with Gasteiger partial charge in [-0.3, -0.25) is 9.71 Å². The molecular weight excluding hydrogens is 290 g/mol. The van der Waals surface area contributed by atoms with Crippen molar-refractivity contribution in [3.05, 3.63) is 42.4 Å². The van der Waals surface area contributed by atoms with Gasteiger partial charge in [-0.25, -0.2) is 13.4 Å². The molecule has 0 saturated carbocycles. The Bertz CT molecular complexity index is 730. The number of nitrogens with zero attached hydrogens (tertiary/aromatic N) is 2. The normalized spacial score (nSPS) is 11.4. The maximum atomic E-state index is 12.3. The van der Waals surface area contributed by atoms with Crippen molar-refractivity contribution in [1.29, 1.82) is 0 Å². The number of aromatic nitrogens is 2. The van der Waals surface area contributed by atoms with Crippen LogP contribution < -0.4 is 9.46 Å². The molecule has 0 unspecified atom stereocenters. The van der Waals surface area contributed by atoms with Gasteiger partial charge in [-0.15, -0.1) is 0 Å². The standard InChI is InChI=1S/C14H17N3O3S/c1-10(2)20-13-5-4-6-16-14(13)17-21(18,19)12-7-11(3)8-15-9-12/h4-10H,1-3H3,(H,16,17). The van der Waals surface area contributed by atoms with Gasteiger partial charge in [-0.1, -0.05) is 0 Å². The second kappa shape index (κ2) is 6.09. The largest absolute Gasteiger partial charge is 0.487 e. The molecule has 0 aliphatic carbocycles. The van der Waals surface area contributed by atoms with E-state index >= 15 is 0 Å². The number of hydrogen-bond acceptors (Lipinski definition) is 5. The first-order valence-corrected chi connectivity index (χ1v) is 7.93. The summed E-state index contributed by atoms with van der Waals surface area (Å²) >= 11 is 0. The molecule has 6 nitrogen and oxygen atoms in total. The molecule has 0 radical (unpaired) electrons. The van der Waals surface area contributed by atoms with Crippen molar-refractivity contribution >= 4 is 15.8 Å². The Morgan fingerprint density at radius 1 is 1.29 bits per heavy atom. The van der Waals surface area contributed by atoms with Crippen LogP contribution in [0.2, 0.25) is 0 Å². The summed E-state index contributed by atoms with van der Waals surface area (Å²) < 4.78 is 32.7. The second-order valence-electron chi connectivity index (χ2n) is 4.82. The number of aryl methyl sites for hydroxylation is 1. The molecule has 2 aromatic heterocycles. The zero-order valence-electron chi connectivity index (χ0n) is 12.1. The summed E-state index contributed by atoms with van der Waals surface area (Å²) in [6.07, 6.45) is 4.30. The molecule has 0 fully saturated rings. The maximum absolute atomic E-state index is 12.3.